The number of carbonyl (C=O) groups is 1. The molecule has 3 rings (SSSR count). The van der Waals surface area contributed by atoms with Crippen LogP contribution in [0, 0.1) is 12.8 Å². The van der Waals surface area contributed by atoms with Crippen LogP contribution in [-0.4, -0.2) is 29.4 Å². The first-order chi connectivity index (χ1) is 7.99. The Bertz CT molecular complexity index is 465. The van der Waals surface area contributed by atoms with Gasteiger partial charge in [0.15, 0.2) is 10.4 Å². The molecule has 1 aromatic rings. The van der Waals surface area contributed by atoms with E-state index in [0.717, 1.165) is 24.9 Å². The van der Waals surface area contributed by atoms with Crippen molar-refractivity contribution in [2.45, 2.75) is 25.3 Å². The Morgan fingerprint density at radius 2 is 2.47 bits per heavy atom. The fourth-order valence-corrected chi connectivity index (χ4v) is 3.05. The molecule has 4 nitrogen and oxygen atoms in total. The Kier molecular flexibility index (Phi) is 2.38. The van der Waals surface area contributed by atoms with Crippen LogP contribution in [0.3, 0.4) is 0 Å². The summed E-state index contributed by atoms with van der Waals surface area (Å²) in [6.07, 6.45) is 2.17. The van der Waals surface area contributed by atoms with Gasteiger partial charge in [-0.25, -0.2) is 0 Å². The minimum absolute atomic E-state index is 0.0435. The summed E-state index contributed by atoms with van der Waals surface area (Å²) in [5.41, 5.74) is 7.03. The van der Waals surface area contributed by atoms with E-state index in [9.17, 15) is 4.79 Å². The van der Waals surface area contributed by atoms with Gasteiger partial charge in [-0.05, 0) is 47.7 Å². The molecule has 2 N–H and O–H groups in total. The molecule has 17 heavy (non-hydrogen) atoms. The number of nitrogens with two attached hydrogens (primary N) is 1. The maximum atomic E-state index is 12.2. The third-order valence-electron chi connectivity index (χ3n) is 4.05. The summed E-state index contributed by atoms with van der Waals surface area (Å²) in [6.45, 7) is 3.34. The molecule has 1 saturated carbocycles. The van der Waals surface area contributed by atoms with Gasteiger partial charge in [-0.3, -0.25) is 4.79 Å². The summed E-state index contributed by atoms with van der Waals surface area (Å²) >= 11 is 3.28. The number of likely N-dealkylation sites (tertiary alicyclic amines) is 1. The predicted molar refractivity (Wildman–Crippen MR) is 66.7 cm³/mol. The van der Waals surface area contributed by atoms with Gasteiger partial charge in [0.25, 0.3) is 5.91 Å². The van der Waals surface area contributed by atoms with Gasteiger partial charge < -0.3 is 15.1 Å². The standard InChI is InChI=1S/C12H15BrN2O2/c1-7-4-9(17-10(7)13)11(16)15-5-8-2-3-12(8,14)6-15/h4,8H,2-3,5-6,14H2,1H3/t8-,12-/m0/s1. The van der Waals surface area contributed by atoms with E-state index in [2.05, 4.69) is 15.9 Å². The molecule has 92 valence electrons. The van der Waals surface area contributed by atoms with Crippen molar-refractivity contribution in [3.05, 3.63) is 22.1 Å². The Labute approximate surface area is 108 Å². The molecule has 5 heteroatoms. The number of halogens is 1. The Morgan fingerprint density at radius 3 is 2.88 bits per heavy atom. The lowest BCUT2D eigenvalue weighted by molar-refractivity contribution is 0.0752. The van der Waals surface area contributed by atoms with Crippen LogP contribution in [0.1, 0.15) is 29.0 Å². The number of rotatable bonds is 1. The molecule has 0 bridgehead atoms. The molecule has 1 aliphatic carbocycles. The third kappa shape index (κ3) is 1.64. The van der Waals surface area contributed by atoms with Crippen molar-refractivity contribution in [2.24, 2.45) is 11.7 Å². The zero-order chi connectivity index (χ0) is 12.2. The van der Waals surface area contributed by atoms with Crippen molar-refractivity contribution < 1.29 is 9.21 Å². The molecule has 2 fully saturated rings. The van der Waals surface area contributed by atoms with E-state index in [4.69, 9.17) is 10.2 Å². The average molecular weight is 299 g/mol. The molecule has 2 aliphatic rings. The quantitative estimate of drug-likeness (QED) is 0.862. The van der Waals surface area contributed by atoms with E-state index in [0.29, 0.717) is 22.9 Å². The molecule has 0 aromatic carbocycles. The van der Waals surface area contributed by atoms with Crippen LogP contribution in [0.25, 0.3) is 0 Å². The SMILES string of the molecule is Cc1cc(C(=O)N2C[C@@H]3CC[C@]3(N)C2)oc1Br. The highest BCUT2D eigenvalue weighted by Gasteiger charge is 2.51. The van der Waals surface area contributed by atoms with Gasteiger partial charge in [-0.15, -0.1) is 0 Å². The fraction of sp³-hybridized carbons (Fsp3) is 0.583. The summed E-state index contributed by atoms with van der Waals surface area (Å²) in [4.78, 5) is 14.1. The molecule has 0 unspecified atom stereocenters. The highest BCUT2D eigenvalue weighted by molar-refractivity contribution is 9.10. The molecule has 1 aromatic heterocycles. The first-order valence-corrected chi connectivity index (χ1v) is 6.63. The van der Waals surface area contributed by atoms with E-state index in [1.807, 2.05) is 11.8 Å². The molecule has 0 spiro atoms. The molecule has 0 radical (unpaired) electrons. The van der Waals surface area contributed by atoms with Gasteiger partial charge in [0.2, 0.25) is 0 Å². The first kappa shape index (κ1) is 11.3. The molecule has 2 atom stereocenters. The van der Waals surface area contributed by atoms with Crippen LogP contribution in [0.15, 0.2) is 15.2 Å². The van der Waals surface area contributed by atoms with E-state index >= 15 is 0 Å². The van der Waals surface area contributed by atoms with E-state index in [-0.39, 0.29) is 11.4 Å². The first-order valence-electron chi connectivity index (χ1n) is 5.84. The Morgan fingerprint density at radius 1 is 1.71 bits per heavy atom. The van der Waals surface area contributed by atoms with Crippen molar-refractivity contribution in [2.75, 3.05) is 13.1 Å². The maximum absolute atomic E-state index is 12.2. The second-order valence-corrected chi connectivity index (χ2v) is 5.94. The second-order valence-electron chi connectivity index (χ2n) is 5.22. The summed E-state index contributed by atoms with van der Waals surface area (Å²) in [5.74, 6) is 0.836. The Balaban J connectivity index is 1.79. The second kappa shape index (κ2) is 3.59. The number of amides is 1. The monoisotopic (exact) mass is 298 g/mol. The number of hydrogen-bond donors (Lipinski definition) is 1. The number of hydrogen-bond acceptors (Lipinski definition) is 3. The van der Waals surface area contributed by atoms with Crippen LogP contribution >= 0.6 is 15.9 Å². The van der Waals surface area contributed by atoms with Crippen LogP contribution in [0.2, 0.25) is 0 Å². The predicted octanol–water partition coefficient (Wildman–Crippen LogP) is 1.91. The van der Waals surface area contributed by atoms with E-state index in [1.54, 1.807) is 6.07 Å². The summed E-state index contributed by atoms with van der Waals surface area (Å²) in [6, 6.07) is 1.77. The highest BCUT2D eigenvalue weighted by Crippen LogP contribution is 2.42. The molecule has 1 amide bonds. The molecule has 2 heterocycles. The van der Waals surface area contributed by atoms with Crippen LogP contribution in [0.4, 0.5) is 0 Å². The van der Waals surface area contributed by atoms with Gasteiger partial charge in [0.1, 0.15) is 0 Å². The fourth-order valence-electron chi connectivity index (χ4n) is 2.76. The van der Waals surface area contributed by atoms with Crippen LogP contribution in [0.5, 0.6) is 0 Å². The van der Waals surface area contributed by atoms with Crippen LogP contribution < -0.4 is 5.73 Å². The highest BCUT2D eigenvalue weighted by atomic mass is 79.9. The summed E-state index contributed by atoms with van der Waals surface area (Å²) in [5, 5.41) is 0. The van der Waals surface area contributed by atoms with Gasteiger partial charge in [-0.2, -0.15) is 0 Å². The van der Waals surface area contributed by atoms with E-state index < -0.39 is 0 Å². The summed E-state index contributed by atoms with van der Waals surface area (Å²) < 4.78 is 6.03. The minimum atomic E-state index is -0.130. The zero-order valence-electron chi connectivity index (χ0n) is 9.70. The molecule has 1 saturated heterocycles. The van der Waals surface area contributed by atoms with Crippen molar-refractivity contribution in [3.63, 3.8) is 0 Å². The normalized spacial score (nSPS) is 31.2. The number of fused-ring (bicyclic) bond motifs is 1. The maximum Gasteiger partial charge on any atom is 0.289 e. The smallest absolute Gasteiger partial charge is 0.289 e. The average Bonchev–Trinajstić information content (AvgIpc) is 2.71. The van der Waals surface area contributed by atoms with E-state index in [1.165, 1.54) is 0 Å². The summed E-state index contributed by atoms with van der Waals surface area (Å²) in [7, 11) is 0. The number of nitrogens with zero attached hydrogens (tertiary/aromatic N) is 1. The van der Waals surface area contributed by atoms with Gasteiger partial charge in [-0.1, -0.05) is 0 Å². The van der Waals surface area contributed by atoms with Crippen molar-refractivity contribution in [1.29, 1.82) is 0 Å². The van der Waals surface area contributed by atoms with Crippen molar-refractivity contribution in [3.8, 4) is 0 Å². The third-order valence-corrected chi connectivity index (χ3v) is 4.84. The van der Waals surface area contributed by atoms with Gasteiger partial charge in [0.05, 0.1) is 0 Å². The topological polar surface area (TPSA) is 59.5 Å². The van der Waals surface area contributed by atoms with Gasteiger partial charge in [0, 0.05) is 24.2 Å². The number of carbonyl (C=O) groups excluding carboxylic acids is 1. The molecular formula is C12H15BrN2O2. The largest absolute Gasteiger partial charge is 0.444 e. The zero-order valence-corrected chi connectivity index (χ0v) is 11.3. The lowest BCUT2D eigenvalue weighted by atomic mass is 9.70. The minimum Gasteiger partial charge on any atom is -0.444 e. The van der Waals surface area contributed by atoms with Crippen LogP contribution in [-0.2, 0) is 0 Å². The number of aryl methyl sites for hydroxylation is 1. The Hall–Kier alpha value is -0.810. The molecule has 1 aliphatic heterocycles. The lowest BCUT2D eigenvalue weighted by Gasteiger charge is -2.39. The van der Waals surface area contributed by atoms with Crippen molar-refractivity contribution in [1.82, 2.24) is 4.90 Å². The van der Waals surface area contributed by atoms with Crippen molar-refractivity contribution >= 4 is 21.8 Å². The number of furan rings is 1. The lowest BCUT2D eigenvalue weighted by Crippen LogP contribution is -2.54. The molecular weight excluding hydrogens is 284 g/mol. The van der Waals surface area contributed by atoms with Gasteiger partial charge >= 0.3 is 0 Å².